The van der Waals surface area contributed by atoms with E-state index in [1.54, 1.807) is 12.1 Å². The van der Waals surface area contributed by atoms with Crippen LogP contribution < -0.4 is 10.1 Å². The van der Waals surface area contributed by atoms with Gasteiger partial charge in [0.2, 0.25) is 0 Å². The highest BCUT2D eigenvalue weighted by Crippen LogP contribution is 2.19. The number of hydrogen-bond acceptors (Lipinski definition) is 5. The summed E-state index contributed by atoms with van der Waals surface area (Å²) < 4.78 is 33.4. The maximum Gasteiger partial charge on any atom is 0.387 e. The molecule has 132 valence electrons. The van der Waals surface area contributed by atoms with Gasteiger partial charge in [-0.15, -0.1) is 0 Å². The quantitative estimate of drug-likeness (QED) is 0.622. The zero-order chi connectivity index (χ0) is 18.4. The lowest BCUT2D eigenvalue weighted by Crippen LogP contribution is -2.30. The van der Waals surface area contributed by atoms with Crippen molar-refractivity contribution in [2.24, 2.45) is 0 Å². The minimum atomic E-state index is -2.96. The molecular weight excluding hydrogens is 358 g/mol. The Morgan fingerprint density at radius 1 is 1.20 bits per heavy atom. The van der Waals surface area contributed by atoms with Gasteiger partial charge in [-0.2, -0.15) is 8.78 Å². The van der Waals surface area contributed by atoms with Crippen molar-refractivity contribution in [1.82, 2.24) is 4.98 Å². The molecule has 9 heteroatoms. The van der Waals surface area contributed by atoms with Gasteiger partial charge in [-0.3, -0.25) is 4.79 Å². The van der Waals surface area contributed by atoms with E-state index in [-0.39, 0.29) is 22.2 Å². The third-order valence-electron chi connectivity index (χ3n) is 2.99. The maximum absolute atomic E-state index is 12.1. The molecule has 0 unspecified atom stereocenters. The fourth-order valence-electron chi connectivity index (χ4n) is 1.77. The third kappa shape index (κ3) is 5.39. The number of rotatable bonds is 6. The van der Waals surface area contributed by atoms with E-state index in [1.165, 1.54) is 37.4 Å². The van der Waals surface area contributed by atoms with Crippen LogP contribution in [0.25, 0.3) is 0 Å². The van der Waals surface area contributed by atoms with E-state index in [0.29, 0.717) is 0 Å². The summed E-state index contributed by atoms with van der Waals surface area (Å²) in [4.78, 5) is 27.8. The van der Waals surface area contributed by atoms with E-state index in [1.807, 2.05) is 0 Å². The molecule has 0 saturated carbocycles. The zero-order valence-electron chi connectivity index (χ0n) is 12.9. The van der Waals surface area contributed by atoms with Gasteiger partial charge in [-0.25, -0.2) is 9.78 Å². The number of hydrogen-bond donors (Lipinski definition) is 1. The van der Waals surface area contributed by atoms with E-state index in [2.05, 4.69) is 15.0 Å². The molecule has 2 aromatic rings. The van der Waals surface area contributed by atoms with Crippen LogP contribution in [0.4, 0.5) is 14.5 Å². The molecule has 1 heterocycles. The first-order chi connectivity index (χ1) is 11.9. The molecule has 6 nitrogen and oxygen atoms in total. The van der Waals surface area contributed by atoms with E-state index in [0.717, 1.165) is 0 Å². The van der Waals surface area contributed by atoms with E-state index in [4.69, 9.17) is 16.3 Å². The molecule has 1 N–H and O–H groups in total. The Balaban J connectivity index is 1.95. The molecule has 0 bridgehead atoms. The number of halogens is 3. The van der Waals surface area contributed by atoms with E-state index < -0.39 is 24.6 Å². The van der Waals surface area contributed by atoms with Gasteiger partial charge in [0.05, 0.1) is 11.3 Å². The number of benzene rings is 1. The van der Waals surface area contributed by atoms with Crippen molar-refractivity contribution >= 4 is 29.2 Å². The summed E-state index contributed by atoms with van der Waals surface area (Å²) in [7, 11) is 0. The van der Waals surface area contributed by atoms with Crippen molar-refractivity contribution in [1.29, 1.82) is 0 Å². The number of carbonyl (C=O) groups is 2. The normalized spacial score (nSPS) is 11.7. The number of alkyl halides is 2. The van der Waals surface area contributed by atoms with Crippen LogP contribution in [-0.4, -0.2) is 29.6 Å². The zero-order valence-corrected chi connectivity index (χ0v) is 13.7. The monoisotopic (exact) mass is 370 g/mol. The summed E-state index contributed by atoms with van der Waals surface area (Å²) in [5.41, 5.74) is 0.367. The minimum Gasteiger partial charge on any atom is -0.449 e. The van der Waals surface area contributed by atoms with Crippen LogP contribution in [0.2, 0.25) is 5.15 Å². The Morgan fingerprint density at radius 2 is 1.88 bits per heavy atom. The van der Waals surface area contributed by atoms with Gasteiger partial charge in [-0.05, 0) is 43.3 Å². The smallest absolute Gasteiger partial charge is 0.387 e. The van der Waals surface area contributed by atoms with Crippen molar-refractivity contribution in [2.75, 3.05) is 5.32 Å². The Bertz CT molecular complexity index is 756. The fraction of sp³-hybridized carbons (Fsp3) is 0.188. The summed E-state index contributed by atoms with van der Waals surface area (Å²) in [6.45, 7) is -1.58. The van der Waals surface area contributed by atoms with Crippen molar-refractivity contribution < 1.29 is 27.8 Å². The molecule has 1 atom stereocenters. The summed E-state index contributed by atoms with van der Waals surface area (Å²) in [5, 5.41) is 2.58. The standard InChI is InChI=1S/C16H13ClF2N2O4/c1-9(14(22)21-12-3-2-8-20-13(12)17)24-15(23)10-4-6-11(7-5-10)25-16(18)19/h2-9,16H,1H3,(H,21,22)/t9-/m0/s1. The van der Waals surface area contributed by atoms with Crippen LogP contribution in [0.15, 0.2) is 42.6 Å². The molecule has 1 aromatic heterocycles. The fourth-order valence-corrected chi connectivity index (χ4v) is 1.93. The molecular formula is C16H13ClF2N2O4. The van der Waals surface area contributed by atoms with Crippen LogP contribution in [0.1, 0.15) is 17.3 Å². The lowest BCUT2D eigenvalue weighted by molar-refractivity contribution is -0.123. The number of aromatic nitrogens is 1. The van der Waals surface area contributed by atoms with Crippen LogP contribution in [0.5, 0.6) is 5.75 Å². The summed E-state index contributed by atoms with van der Waals surface area (Å²) >= 11 is 5.83. The molecule has 2 rings (SSSR count). The molecule has 25 heavy (non-hydrogen) atoms. The molecule has 0 fully saturated rings. The topological polar surface area (TPSA) is 77.5 Å². The number of amides is 1. The van der Waals surface area contributed by atoms with Crippen LogP contribution in [-0.2, 0) is 9.53 Å². The average Bonchev–Trinajstić information content (AvgIpc) is 2.56. The number of pyridine rings is 1. The second-order valence-corrected chi connectivity index (χ2v) is 5.14. The van der Waals surface area contributed by atoms with E-state index in [9.17, 15) is 18.4 Å². The largest absolute Gasteiger partial charge is 0.449 e. The van der Waals surface area contributed by atoms with Gasteiger partial charge in [0, 0.05) is 6.20 Å². The molecule has 0 aliphatic heterocycles. The Hall–Kier alpha value is -2.74. The molecule has 0 saturated heterocycles. The minimum absolute atomic E-state index is 0.0840. The highest BCUT2D eigenvalue weighted by atomic mass is 35.5. The van der Waals surface area contributed by atoms with E-state index >= 15 is 0 Å². The lowest BCUT2D eigenvalue weighted by Gasteiger charge is -2.14. The number of carbonyl (C=O) groups excluding carboxylic acids is 2. The Kier molecular flexibility index (Phi) is 6.24. The van der Waals surface area contributed by atoms with Gasteiger partial charge in [-0.1, -0.05) is 11.6 Å². The van der Waals surface area contributed by atoms with Gasteiger partial charge < -0.3 is 14.8 Å². The number of nitrogens with one attached hydrogen (secondary N) is 1. The summed E-state index contributed by atoms with van der Waals surface area (Å²) in [6, 6.07) is 8.03. The number of ether oxygens (including phenoxy) is 2. The average molecular weight is 371 g/mol. The molecule has 1 aromatic carbocycles. The second-order valence-electron chi connectivity index (χ2n) is 4.78. The van der Waals surface area contributed by atoms with Crippen molar-refractivity contribution in [3.8, 4) is 5.75 Å². The highest BCUT2D eigenvalue weighted by molar-refractivity contribution is 6.32. The van der Waals surface area contributed by atoms with Gasteiger partial charge >= 0.3 is 12.6 Å². The molecule has 1 amide bonds. The van der Waals surface area contributed by atoms with Crippen molar-refractivity contribution in [3.63, 3.8) is 0 Å². The number of nitrogens with zero attached hydrogens (tertiary/aromatic N) is 1. The first-order valence-electron chi connectivity index (χ1n) is 7.04. The lowest BCUT2D eigenvalue weighted by atomic mass is 10.2. The van der Waals surface area contributed by atoms with Crippen molar-refractivity contribution in [2.45, 2.75) is 19.6 Å². The number of esters is 1. The maximum atomic E-state index is 12.1. The number of anilines is 1. The first kappa shape index (κ1) is 18.6. The predicted octanol–water partition coefficient (Wildman–Crippen LogP) is 3.52. The van der Waals surface area contributed by atoms with Gasteiger partial charge in [0.15, 0.2) is 11.3 Å². The van der Waals surface area contributed by atoms with Gasteiger partial charge in [0.25, 0.3) is 5.91 Å². The molecule has 0 aliphatic carbocycles. The summed E-state index contributed by atoms with van der Waals surface area (Å²) in [6.07, 6.45) is 0.351. The molecule has 0 spiro atoms. The Labute approximate surface area is 146 Å². The van der Waals surface area contributed by atoms with Crippen molar-refractivity contribution in [3.05, 3.63) is 53.3 Å². The summed E-state index contributed by atoms with van der Waals surface area (Å²) in [5.74, 6) is -1.48. The van der Waals surface area contributed by atoms with Crippen LogP contribution in [0, 0.1) is 0 Å². The SMILES string of the molecule is C[C@H](OC(=O)c1ccc(OC(F)F)cc1)C(=O)Nc1cccnc1Cl. The highest BCUT2D eigenvalue weighted by Gasteiger charge is 2.20. The van der Waals surface area contributed by atoms with Gasteiger partial charge in [0.1, 0.15) is 5.75 Å². The molecule has 0 radical (unpaired) electrons. The Morgan fingerprint density at radius 3 is 2.48 bits per heavy atom. The second kappa shape index (κ2) is 8.39. The third-order valence-corrected chi connectivity index (χ3v) is 3.29. The van der Waals surface area contributed by atoms with Crippen LogP contribution >= 0.6 is 11.6 Å². The molecule has 0 aliphatic rings. The predicted molar refractivity (Wildman–Crippen MR) is 85.8 cm³/mol. The first-order valence-corrected chi connectivity index (χ1v) is 7.42. The van der Waals surface area contributed by atoms with Crippen LogP contribution in [0.3, 0.4) is 0 Å².